The Hall–Kier alpha value is -2.04. The van der Waals surface area contributed by atoms with E-state index in [9.17, 15) is 9.59 Å². The molecule has 1 fully saturated rings. The maximum atomic E-state index is 12.3. The Morgan fingerprint density at radius 1 is 1.25 bits per heavy atom. The first-order chi connectivity index (χ1) is 9.65. The average Bonchev–Trinajstić information content (AvgIpc) is 2.41. The number of benzene rings is 1. The molecule has 0 saturated heterocycles. The highest BCUT2D eigenvalue weighted by Gasteiger charge is 2.26. The lowest BCUT2D eigenvalue weighted by Crippen LogP contribution is -2.49. The quantitative estimate of drug-likeness (QED) is 0.870. The monoisotopic (exact) mass is 274 g/mol. The molecule has 3 rings (SSSR count). The molecule has 2 amide bonds. The number of rotatable bonds is 2. The Morgan fingerprint density at radius 3 is 2.70 bits per heavy atom. The van der Waals surface area contributed by atoms with Gasteiger partial charge >= 0.3 is 12.0 Å². The van der Waals surface area contributed by atoms with Gasteiger partial charge in [0.2, 0.25) is 0 Å². The lowest BCUT2D eigenvalue weighted by atomic mass is 9.93. The molecule has 2 N–H and O–H groups in total. The summed E-state index contributed by atoms with van der Waals surface area (Å²) in [6.45, 7) is 0.692. The largest absolute Gasteiger partial charge is 0.478 e. The number of hydrogen-bond acceptors (Lipinski definition) is 2. The summed E-state index contributed by atoms with van der Waals surface area (Å²) in [4.78, 5) is 25.0. The molecule has 1 aromatic rings. The van der Waals surface area contributed by atoms with E-state index in [1.807, 2.05) is 0 Å². The summed E-state index contributed by atoms with van der Waals surface area (Å²) in [5.41, 5.74) is 2.07. The zero-order valence-corrected chi connectivity index (χ0v) is 11.3. The molecule has 0 aromatic heterocycles. The second-order valence-electron chi connectivity index (χ2n) is 5.48. The van der Waals surface area contributed by atoms with E-state index in [-0.39, 0.29) is 11.6 Å². The van der Waals surface area contributed by atoms with Crippen molar-refractivity contribution >= 4 is 17.7 Å². The summed E-state index contributed by atoms with van der Waals surface area (Å²) in [7, 11) is 0. The van der Waals surface area contributed by atoms with Crippen LogP contribution in [-0.4, -0.2) is 29.7 Å². The Morgan fingerprint density at radius 2 is 2.05 bits per heavy atom. The van der Waals surface area contributed by atoms with E-state index in [0.717, 1.165) is 36.9 Å². The number of carboxylic acid groups (broad SMARTS) is 1. The van der Waals surface area contributed by atoms with Crippen molar-refractivity contribution in [3.8, 4) is 0 Å². The summed E-state index contributed by atoms with van der Waals surface area (Å²) in [5, 5.41) is 12.1. The van der Waals surface area contributed by atoms with Crippen LogP contribution in [0.15, 0.2) is 18.2 Å². The maximum absolute atomic E-state index is 12.3. The number of amides is 2. The standard InChI is InChI=1S/C15H18N2O3/c18-14(19)11-6-7-13-10(9-11)3-2-8-17(13)15(20)16-12-4-1-5-12/h6-7,9,12H,1-5,8H2,(H,16,20)(H,18,19). The van der Waals surface area contributed by atoms with Crippen LogP contribution in [-0.2, 0) is 6.42 Å². The summed E-state index contributed by atoms with van der Waals surface area (Å²) in [6, 6.07) is 5.25. The molecule has 1 aliphatic carbocycles. The van der Waals surface area contributed by atoms with E-state index in [1.165, 1.54) is 6.42 Å². The van der Waals surface area contributed by atoms with Gasteiger partial charge in [0.25, 0.3) is 0 Å². The van der Waals surface area contributed by atoms with Gasteiger partial charge in [-0.25, -0.2) is 9.59 Å². The highest BCUT2D eigenvalue weighted by Crippen LogP contribution is 2.29. The van der Waals surface area contributed by atoms with Crippen molar-refractivity contribution in [2.45, 2.75) is 38.1 Å². The molecule has 0 bridgehead atoms. The molecule has 106 valence electrons. The molecule has 5 nitrogen and oxygen atoms in total. The number of nitrogens with one attached hydrogen (secondary N) is 1. The van der Waals surface area contributed by atoms with Crippen molar-refractivity contribution in [1.82, 2.24) is 5.32 Å². The minimum atomic E-state index is -0.927. The molecule has 1 aromatic carbocycles. The van der Waals surface area contributed by atoms with Crippen LogP contribution in [0.3, 0.4) is 0 Å². The maximum Gasteiger partial charge on any atom is 0.335 e. The second-order valence-corrected chi connectivity index (χ2v) is 5.48. The Bertz CT molecular complexity index is 552. The van der Waals surface area contributed by atoms with Gasteiger partial charge in [0.15, 0.2) is 0 Å². The molecule has 1 aliphatic heterocycles. The van der Waals surface area contributed by atoms with Crippen LogP contribution in [0.5, 0.6) is 0 Å². The first kappa shape index (κ1) is 13.0. The van der Waals surface area contributed by atoms with Gasteiger partial charge in [-0.2, -0.15) is 0 Å². The third kappa shape index (κ3) is 2.35. The molecule has 1 heterocycles. The third-order valence-electron chi connectivity index (χ3n) is 4.12. The fourth-order valence-corrected chi connectivity index (χ4v) is 2.75. The Balaban J connectivity index is 1.81. The number of anilines is 1. The van der Waals surface area contributed by atoms with Crippen molar-refractivity contribution in [2.24, 2.45) is 0 Å². The molecule has 0 spiro atoms. The lowest BCUT2D eigenvalue weighted by Gasteiger charge is -2.33. The van der Waals surface area contributed by atoms with Gasteiger partial charge in [-0.3, -0.25) is 4.90 Å². The molecule has 2 aliphatic rings. The molecule has 0 atom stereocenters. The topological polar surface area (TPSA) is 69.6 Å². The number of hydrogen-bond donors (Lipinski definition) is 2. The zero-order valence-electron chi connectivity index (χ0n) is 11.3. The molecular weight excluding hydrogens is 256 g/mol. The van der Waals surface area contributed by atoms with Gasteiger partial charge in [-0.1, -0.05) is 0 Å². The van der Waals surface area contributed by atoms with Crippen molar-refractivity contribution in [1.29, 1.82) is 0 Å². The lowest BCUT2D eigenvalue weighted by molar-refractivity contribution is 0.0696. The number of fused-ring (bicyclic) bond motifs is 1. The minimum absolute atomic E-state index is 0.0567. The highest BCUT2D eigenvalue weighted by atomic mass is 16.4. The molecule has 20 heavy (non-hydrogen) atoms. The van der Waals surface area contributed by atoms with Crippen LogP contribution in [0.2, 0.25) is 0 Å². The summed E-state index contributed by atoms with van der Waals surface area (Å²) in [6.07, 6.45) is 5.00. The van der Waals surface area contributed by atoms with Gasteiger partial charge in [-0.05, 0) is 55.9 Å². The number of urea groups is 1. The van der Waals surface area contributed by atoms with E-state index >= 15 is 0 Å². The van der Waals surface area contributed by atoms with Crippen molar-refractivity contribution < 1.29 is 14.7 Å². The van der Waals surface area contributed by atoms with Crippen LogP contribution in [0.25, 0.3) is 0 Å². The van der Waals surface area contributed by atoms with E-state index in [2.05, 4.69) is 5.32 Å². The normalized spacial score (nSPS) is 18.1. The van der Waals surface area contributed by atoms with E-state index in [1.54, 1.807) is 23.1 Å². The number of nitrogens with zero attached hydrogens (tertiary/aromatic N) is 1. The number of carboxylic acids is 1. The van der Waals surface area contributed by atoms with E-state index in [4.69, 9.17) is 5.11 Å². The number of aromatic carboxylic acids is 1. The average molecular weight is 274 g/mol. The number of aryl methyl sites for hydroxylation is 1. The third-order valence-corrected chi connectivity index (χ3v) is 4.12. The molecule has 0 unspecified atom stereocenters. The number of carbonyl (C=O) groups excluding carboxylic acids is 1. The highest BCUT2D eigenvalue weighted by molar-refractivity contribution is 5.95. The van der Waals surface area contributed by atoms with Crippen LogP contribution < -0.4 is 10.2 Å². The molecular formula is C15H18N2O3. The SMILES string of the molecule is O=C(O)c1ccc2c(c1)CCCN2C(=O)NC1CCC1. The predicted molar refractivity (Wildman–Crippen MR) is 75.2 cm³/mol. The van der Waals surface area contributed by atoms with E-state index < -0.39 is 5.97 Å². The van der Waals surface area contributed by atoms with Crippen molar-refractivity contribution in [3.63, 3.8) is 0 Å². The van der Waals surface area contributed by atoms with Crippen LogP contribution in [0, 0.1) is 0 Å². The van der Waals surface area contributed by atoms with Gasteiger partial charge in [0, 0.05) is 18.3 Å². The Kier molecular flexibility index (Phi) is 3.34. The fraction of sp³-hybridized carbons (Fsp3) is 0.467. The van der Waals surface area contributed by atoms with Gasteiger partial charge in [0.05, 0.1) is 5.56 Å². The second kappa shape index (κ2) is 5.15. The summed E-state index contributed by atoms with van der Waals surface area (Å²) in [5.74, 6) is -0.927. The predicted octanol–water partition coefficient (Wildman–Crippen LogP) is 2.40. The minimum Gasteiger partial charge on any atom is -0.478 e. The first-order valence-electron chi connectivity index (χ1n) is 7.09. The molecule has 1 saturated carbocycles. The number of carbonyl (C=O) groups is 2. The summed E-state index contributed by atoms with van der Waals surface area (Å²) >= 11 is 0. The summed E-state index contributed by atoms with van der Waals surface area (Å²) < 4.78 is 0. The van der Waals surface area contributed by atoms with Gasteiger partial charge < -0.3 is 10.4 Å². The van der Waals surface area contributed by atoms with Crippen LogP contribution >= 0.6 is 0 Å². The zero-order chi connectivity index (χ0) is 14.1. The van der Waals surface area contributed by atoms with E-state index in [0.29, 0.717) is 12.6 Å². The van der Waals surface area contributed by atoms with Crippen LogP contribution in [0.4, 0.5) is 10.5 Å². The van der Waals surface area contributed by atoms with Crippen LogP contribution in [0.1, 0.15) is 41.6 Å². The van der Waals surface area contributed by atoms with Gasteiger partial charge in [0.1, 0.15) is 0 Å². The van der Waals surface area contributed by atoms with Crippen molar-refractivity contribution in [2.75, 3.05) is 11.4 Å². The smallest absolute Gasteiger partial charge is 0.335 e. The van der Waals surface area contributed by atoms with Gasteiger partial charge in [-0.15, -0.1) is 0 Å². The molecule has 0 radical (unpaired) electrons. The fourth-order valence-electron chi connectivity index (χ4n) is 2.75. The molecule has 5 heteroatoms. The first-order valence-corrected chi connectivity index (χ1v) is 7.09. The Labute approximate surface area is 117 Å². The van der Waals surface area contributed by atoms with Crippen molar-refractivity contribution in [3.05, 3.63) is 29.3 Å².